The van der Waals surface area contributed by atoms with Gasteiger partial charge in [0.25, 0.3) is 0 Å². The van der Waals surface area contributed by atoms with Gasteiger partial charge in [-0.2, -0.15) is 0 Å². The van der Waals surface area contributed by atoms with Gasteiger partial charge in [-0.3, -0.25) is 4.79 Å². The Morgan fingerprint density at radius 1 is 1.05 bits per heavy atom. The molecule has 1 saturated heterocycles. The van der Waals surface area contributed by atoms with Crippen LogP contribution >= 0.6 is 0 Å². The highest BCUT2D eigenvalue weighted by Crippen LogP contribution is 2.19. The van der Waals surface area contributed by atoms with E-state index in [0.29, 0.717) is 6.42 Å². The van der Waals surface area contributed by atoms with Gasteiger partial charge in [0, 0.05) is 24.7 Å². The van der Waals surface area contributed by atoms with Crippen molar-refractivity contribution in [3.05, 3.63) is 65.7 Å². The molecule has 1 aliphatic rings. The van der Waals surface area contributed by atoms with Crippen molar-refractivity contribution in [1.29, 1.82) is 0 Å². The molecule has 0 spiro atoms. The minimum Gasteiger partial charge on any atom is -0.383 e. The molecule has 2 aromatic carbocycles. The summed E-state index contributed by atoms with van der Waals surface area (Å²) in [4.78, 5) is 11.2. The predicted molar refractivity (Wildman–Crippen MR) is 85.3 cm³/mol. The highest BCUT2D eigenvalue weighted by molar-refractivity contribution is 5.78. The van der Waals surface area contributed by atoms with Crippen molar-refractivity contribution in [2.45, 2.75) is 25.3 Å². The van der Waals surface area contributed by atoms with Crippen LogP contribution in [0.25, 0.3) is 0 Å². The van der Waals surface area contributed by atoms with Gasteiger partial charge in [0.05, 0.1) is 0 Å². The number of carbonyl (C=O) groups is 1. The maximum absolute atomic E-state index is 11.2. The van der Waals surface area contributed by atoms with Crippen molar-refractivity contribution in [3.63, 3.8) is 0 Å². The van der Waals surface area contributed by atoms with Gasteiger partial charge < -0.3 is 10.6 Å². The van der Waals surface area contributed by atoms with E-state index in [9.17, 15) is 4.79 Å². The fourth-order valence-corrected chi connectivity index (χ4v) is 2.73. The third-order valence-electron chi connectivity index (χ3n) is 3.88. The summed E-state index contributed by atoms with van der Waals surface area (Å²) >= 11 is 0. The Bertz CT molecular complexity index is 610. The summed E-state index contributed by atoms with van der Waals surface area (Å²) in [6.45, 7) is 0.789. The lowest BCUT2D eigenvalue weighted by Crippen LogP contribution is -2.32. The number of hydrogen-bond acceptors (Lipinski definition) is 2. The molecule has 1 heterocycles. The number of hydrogen-bond donors (Lipinski definition) is 2. The van der Waals surface area contributed by atoms with Crippen LogP contribution in [0.4, 0.5) is 5.69 Å². The van der Waals surface area contributed by atoms with Crippen LogP contribution in [-0.4, -0.2) is 18.5 Å². The first kappa shape index (κ1) is 13.7. The van der Waals surface area contributed by atoms with Crippen molar-refractivity contribution in [1.82, 2.24) is 5.32 Å². The lowest BCUT2D eigenvalue weighted by molar-refractivity contribution is -0.119. The zero-order valence-electron chi connectivity index (χ0n) is 12.0. The van der Waals surface area contributed by atoms with Crippen molar-refractivity contribution in [2.75, 3.05) is 11.9 Å². The zero-order valence-corrected chi connectivity index (χ0v) is 12.0. The summed E-state index contributed by atoms with van der Waals surface area (Å²) in [6, 6.07) is 19.1. The maximum Gasteiger partial charge on any atom is 0.220 e. The number of anilines is 1. The Hall–Kier alpha value is -2.29. The Kier molecular flexibility index (Phi) is 4.20. The smallest absolute Gasteiger partial charge is 0.220 e. The Balaban J connectivity index is 1.66. The van der Waals surface area contributed by atoms with E-state index in [1.165, 1.54) is 11.1 Å². The molecule has 0 aliphatic carbocycles. The van der Waals surface area contributed by atoms with E-state index in [-0.39, 0.29) is 11.9 Å². The molecule has 1 aliphatic heterocycles. The second kappa shape index (κ2) is 6.44. The monoisotopic (exact) mass is 280 g/mol. The number of carbonyl (C=O) groups excluding carboxylic acids is 1. The summed E-state index contributed by atoms with van der Waals surface area (Å²) < 4.78 is 0. The number of rotatable bonds is 5. The van der Waals surface area contributed by atoms with Crippen molar-refractivity contribution < 1.29 is 4.79 Å². The fraction of sp³-hybridized carbons (Fsp3) is 0.278. The first-order valence-corrected chi connectivity index (χ1v) is 7.46. The van der Waals surface area contributed by atoms with Crippen LogP contribution in [-0.2, 0) is 11.2 Å². The van der Waals surface area contributed by atoms with Crippen molar-refractivity contribution >= 4 is 11.6 Å². The van der Waals surface area contributed by atoms with Crippen LogP contribution in [0.1, 0.15) is 24.0 Å². The van der Waals surface area contributed by atoms with Crippen molar-refractivity contribution in [3.8, 4) is 0 Å². The summed E-state index contributed by atoms with van der Waals surface area (Å²) in [5.41, 5.74) is 3.75. The van der Waals surface area contributed by atoms with E-state index in [4.69, 9.17) is 0 Å². The Morgan fingerprint density at radius 2 is 1.81 bits per heavy atom. The fourth-order valence-electron chi connectivity index (χ4n) is 2.73. The molecule has 1 fully saturated rings. The standard InChI is InChI=1S/C18H20N2O/c21-18-11-10-16(20-18)13-19-17-9-5-4-8-15(17)12-14-6-2-1-3-7-14/h1-9,16,19H,10-13H2,(H,20,21). The molecule has 2 aromatic rings. The SMILES string of the molecule is O=C1CCC(CNc2ccccc2Cc2ccccc2)N1. The summed E-state index contributed by atoms with van der Waals surface area (Å²) in [5, 5.41) is 6.47. The zero-order chi connectivity index (χ0) is 14.5. The molecule has 3 heteroatoms. The summed E-state index contributed by atoms with van der Waals surface area (Å²) in [5.74, 6) is 0.166. The lowest BCUT2D eigenvalue weighted by Gasteiger charge is -2.15. The summed E-state index contributed by atoms with van der Waals surface area (Å²) in [6.07, 6.45) is 2.49. The highest BCUT2D eigenvalue weighted by atomic mass is 16.1. The third-order valence-corrected chi connectivity index (χ3v) is 3.88. The van der Waals surface area contributed by atoms with E-state index in [1.807, 2.05) is 12.1 Å². The van der Waals surface area contributed by atoms with Crippen LogP contribution in [0.15, 0.2) is 54.6 Å². The van der Waals surface area contributed by atoms with Gasteiger partial charge in [0.2, 0.25) is 5.91 Å². The molecule has 0 bridgehead atoms. The molecule has 1 unspecified atom stereocenters. The molecule has 3 nitrogen and oxygen atoms in total. The van der Waals surface area contributed by atoms with Crippen LogP contribution in [0, 0.1) is 0 Å². The maximum atomic E-state index is 11.2. The average molecular weight is 280 g/mol. The molecule has 108 valence electrons. The summed E-state index contributed by atoms with van der Waals surface area (Å²) in [7, 11) is 0. The number of benzene rings is 2. The molecule has 21 heavy (non-hydrogen) atoms. The number of para-hydroxylation sites is 1. The molecule has 0 saturated carbocycles. The van der Waals surface area contributed by atoms with Crippen LogP contribution in [0.3, 0.4) is 0 Å². The quantitative estimate of drug-likeness (QED) is 0.884. The van der Waals surface area contributed by atoms with Gasteiger partial charge in [-0.25, -0.2) is 0 Å². The van der Waals surface area contributed by atoms with Crippen LogP contribution in [0.5, 0.6) is 0 Å². The molecule has 1 atom stereocenters. The Labute approximate surface area is 125 Å². The lowest BCUT2D eigenvalue weighted by atomic mass is 10.0. The second-order valence-corrected chi connectivity index (χ2v) is 5.50. The van der Waals surface area contributed by atoms with Gasteiger partial charge in [-0.1, -0.05) is 48.5 Å². The Morgan fingerprint density at radius 3 is 2.57 bits per heavy atom. The van der Waals surface area contributed by atoms with E-state index in [0.717, 1.165) is 25.1 Å². The van der Waals surface area contributed by atoms with E-state index in [2.05, 4.69) is 53.1 Å². The number of amides is 1. The van der Waals surface area contributed by atoms with Gasteiger partial charge >= 0.3 is 0 Å². The first-order chi connectivity index (χ1) is 10.3. The molecular weight excluding hydrogens is 260 g/mol. The first-order valence-electron chi connectivity index (χ1n) is 7.46. The minimum atomic E-state index is 0.166. The molecule has 0 aromatic heterocycles. The van der Waals surface area contributed by atoms with Crippen molar-refractivity contribution in [2.24, 2.45) is 0 Å². The third kappa shape index (κ3) is 3.63. The second-order valence-electron chi connectivity index (χ2n) is 5.50. The van der Waals surface area contributed by atoms with E-state index in [1.54, 1.807) is 0 Å². The van der Waals surface area contributed by atoms with E-state index < -0.39 is 0 Å². The van der Waals surface area contributed by atoms with Gasteiger partial charge in [-0.05, 0) is 30.0 Å². The van der Waals surface area contributed by atoms with Gasteiger partial charge in [0.1, 0.15) is 0 Å². The van der Waals surface area contributed by atoms with Gasteiger partial charge in [0.15, 0.2) is 0 Å². The molecule has 2 N–H and O–H groups in total. The molecule has 1 amide bonds. The molecular formula is C18H20N2O. The predicted octanol–water partition coefficient (Wildman–Crippen LogP) is 2.97. The molecule has 3 rings (SSSR count). The topological polar surface area (TPSA) is 41.1 Å². The van der Waals surface area contributed by atoms with Gasteiger partial charge in [-0.15, -0.1) is 0 Å². The minimum absolute atomic E-state index is 0.166. The van der Waals surface area contributed by atoms with Crippen LogP contribution in [0.2, 0.25) is 0 Å². The van der Waals surface area contributed by atoms with E-state index >= 15 is 0 Å². The average Bonchev–Trinajstić information content (AvgIpc) is 2.93. The van der Waals surface area contributed by atoms with Crippen LogP contribution < -0.4 is 10.6 Å². The number of nitrogens with one attached hydrogen (secondary N) is 2. The highest BCUT2D eigenvalue weighted by Gasteiger charge is 2.20. The largest absolute Gasteiger partial charge is 0.383 e. The molecule has 0 radical (unpaired) electrons. The normalized spacial score (nSPS) is 17.5.